The van der Waals surface area contributed by atoms with E-state index >= 15 is 0 Å². The standard InChI is InChI=1S/C32H33NO4/c1-20-21-14-26-27(35-18-34-26)15-23(21)31(2,3)22(20)12-10-8-7-9-11-13-30-32(4,5)24-16-28-29(37-19-36-28)17-25(24)33(30)6/h7-17H,18-19H2,1-6H3/b8-7+,11-9+,12-10+,30-13-. The Labute approximate surface area is 219 Å². The normalized spacial score (nSPS) is 21.4. The molecule has 0 saturated carbocycles. The smallest absolute Gasteiger partial charge is 0.231 e. The van der Waals surface area contributed by atoms with Gasteiger partial charge in [0.2, 0.25) is 13.6 Å². The molecule has 0 amide bonds. The Morgan fingerprint density at radius 3 is 1.97 bits per heavy atom. The topological polar surface area (TPSA) is 40.2 Å². The van der Waals surface area contributed by atoms with Crippen LogP contribution < -0.4 is 23.8 Å². The van der Waals surface area contributed by atoms with Crippen molar-refractivity contribution in [3.05, 3.63) is 94.8 Å². The van der Waals surface area contributed by atoms with E-state index in [9.17, 15) is 0 Å². The Bertz CT molecular complexity index is 1450. The maximum Gasteiger partial charge on any atom is 0.231 e. The zero-order chi connectivity index (χ0) is 25.9. The first kappa shape index (κ1) is 23.5. The lowest BCUT2D eigenvalue weighted by Crippen LogP contribution is -2.22. The van der Waals surface area contributed by atoms with Gasteiger partial charge < -0.3 is 23.8 Å². The van der Waals surface area contributed by atoms with Crippen LogP contribution in [0.5, 0.6) is 23.0 Å². The molecule has 5 nitrogen and oxygen atoms in total. The van der Waals surface area contributed by atoms with Gasteiger partial charge in [0.1, 0.15) is 0 Å². The molecule has 0 fully saturated rings. The number of hydrogen-bond acceptors (Lipinski definition) is 5. The highest BCUT2D eigenvalue weighted by Gasteiger charge is 2.40. The summed E-state index contributed by atoms with van der Waals surface area (Å²) >= 11 is 0. The fraction of sp³-hybridized carbons (Fsp3) is 0.312. The molecule has 0 bridgehead atoms. The Kier molecular flexibility index (Phi) is 5.30. The summed E-state index contributed by atoms with van der Waals surface area (Å²) in [5, 5.41) is 0. The van der Waals surface area contributed by atoms with Crippen LogP contribution in [0.2, 0.25) is 0 Å². The largest absolute Gasteiger partial charge is 0.454 e. The second-order valence-electron chi connectivity index (χ2n) is 11.0. The van der Waals surface area contributed by atoms with Gasteiger partial charge in [0, 0.05) is 35.3 Å². The third kappa shape index (κ3) is 3.59. The molecule has 4 aliphatic rings. The van der Waals surface area contributed by atoms with E-state index in [0.717, 1.165) is 23.0 Å². The van der Waals surface area contributed by atoms with Crippen molar-refractivity contribution in [2.75, 3.05) is 25.5 Å². The van der Waals surface area contributed by atoms with E-state index in [1.165, 1.54) is 39.2 Å². The van der Waals surface area contributed by atoms with Gasteiger partial charge in [-0.3, -0.25) is 0 Å². The van der Waals surface area contributed by atoms with Gasteiger partial charge in [-0.15, -0.1) is 0 Å². The van der Waals surface area contributed by atoms with Crippen molar-refractivity contribution in [2.24, 2.45) is 0 Å². The molecule has 0 atom stereocenters. The second kappa shape index (κ2) is 8.34. The van der Waals surface area contributed by atoms with Crippen LogP contribution in [0.1, 0.15) is 51.3 Å². The van der Waals surface area contributed by atoms with Gasteiger partial charge >= 0.3 is 0 Å². The predicted molar refractivity (Wildman–Crippen MR) is 148 cm³/mol. The third-order valence-electron chi connectivity index (χ3n) is 8.16. The maximum absolute atomic E-state index is 5.62. The highest BCUT2D eigenvalue weighted by atomic mass is 16.7. The van der Waals surface area contributed by atoms with Crippen LogP contribution in [-0.2, 0) is 10.8 Å². The first-order chi connectivity index (χ1) is 17.7. The van der Waals surface area contributed by atoms with E-state index in [0.29, 0.717) is 13.6 Å². The number of allylic oxidation sites excluding steroid dienone is 10. The number of likely N-dealkylation sites (N-methyl/N-ethyl adjacent to an activating group) is 1. The molecule has 2 aromatic rings. The molecule has 6 rings (SSSR count). The summed E-state index contributed by atoms with van der Waals surface area (Å²) in [4.78, 5) is 2.24. The number of nitrogens with zero attached hydrogens (tertiary/aromatic N) is 1. The van der Waals surface area contributed by atoms with Gasteiger partial charge in [-0.25, -0.2) is 0 Å². The van der Waals surface area contributed by atoms with Crippen LogP contribution >= 0.6 is 0 Å². The summed E-state index contributed by atoms with van der Waals surface area (Å²) in [6, 6.07) is 8.47. The van der Waals surface area contributed by atoms with Crippen LogP contribution in [0.15, 0.2) is 78.1 Å². The number of rotatable bonds is 4. The fourth-order valence-electron chi connectivity index (χ4n) is 6.07. The molecule has 0 unspecified atom stereocenters. The molecule has 0 radical (unpaired) electrons. The number of fused-ring (bicyclic) bond motifs is 4. The summed E-state index contributed by atoms with van der Waals surface area (Å²) in [6.07, 6.45) is 14.9. The second-order valence-corrected chi connectivity index (χ2v) is 11.0. The van der Waals surface area contributed by atoms with E-state index < -0.39 is 0 Å². The summed E-state index contributed by atoms with van der Waals surface area (Å²) in [5.41, 5.74) is 8.58. The summed E-state index contributed by atoms with van der Waals surface area (Å²) in [5.74, 6) is 3.33. The van der Waals surface area contributed by atoms with Gasteiger partial charge in [0.05, 0.1) is 0 Å². The molecule has 37 heavy (non-hydrogen) atoms. The van der Waals surface area contributed by atoms with Crippen molar-refractivity contribution in [1.29, 1.82) is 0 Å². The van der Waals surface area contributed by atoms with E-state index in [-0.39, 0.29) is 10.8 Å². The van der Waals surface area contributed by atoms with Gasteiger partial charge in [0.25, 0.3) is 0 Å². The fourth-order valence-corrected chi connectivity index (χ4v) is 6.07. The van der Waals surface area contributed by atoms with Crippen molar-refractivity contribution in [2.45, 2.75) is 45.4 Å². The van der Waals surface area contributed by atoms with Gasteiger partial charge in [-0.1, -0.05) is 64.2 Å². The first-order valence-electron chi connectivity index (χ1n) is 12.8. The molecule has 3 aliphatic heterocycles. The molecule has 5 heteroatoms. The highest BCUT2D eigenvalue weighted by molar-refractivity contribution is 5.83. The lowest BCUT2D eigenvalue weighted by molar-refractivity contribution is 0.173. The minimum Gasteiger partial charge on any atom is -0.454 e. The SMILES string of the molecule is CC1=C(/C=C/C=C/C=C/C=C2\N(C)c3cc4c(cc3C2(C)C)OCO4)C(C)(C)c2cc3c(cc21)OCO3. The van der Waals surface area contributed by atoms with Crippen molar-refractivity contribution < 1.29 is 18.9 Å². The maximum atomic E-state index is 5.62. The van der Waals surface area contributed by atoms with Crippen LogP contribution in [0, 0.1) is 0 Å². The molecule has 2 aromatic carbocycles. The van der Waals surface area contributed by atoms with Crippen LogP contribution in [-0.4, -0.2) is 20.6 Å². The Hall–Kier alpha value is -3.86. The summed E-state index contributed by atoms with van der Waals surface area (Å²) < 4.78 is 22.4. The lowest BCUT2D eigenvalue weighted by atomic mass is 9.81. The number of benzene rings is 2. The van der Waals surface area contributed by atoms with E-state index in [4.69, 9.17) is 18.9 Å². The van der Waals surface area contributed by atoms with E-state index in [2.05, 4.69) is 113 Å². The first-order valence-corrected chi connectivity index (χ1v) is 12.8. The average molecular weight is 496 g/mol. The van der Waals surface area contributed by atoms with Crippen molar-refractivity contribution >= 4 is 11.3 Å². The van der Waals surface area contributed by atoms with Gasteiger partial charge in [-0.05, 0) is 59.0 Å². The highest BCUT2D eigenvalue weighted by Crippen LogP contribution is 2.52. The zero-order valence-corrected chi connectivity index (χ0v) is 22.3. The molecule has 190 valence electrons. The quantitative estimate of drug-likeness (QED) is 0.420. The third-order valence-corrected chi connectivity index (χ3v) is 8.16. The van der Waals surface area contributed by atoms with Crippen molar-refractivity contribution in [3.8, 4) is 23.0 Å². The predicted octanol–water partition coefficient (Wildman–Crippen LogP) is 7.19. The minimum atomic E-state index is -0.123. The van der Waals surface area contributed by atoms with Crippen LogP contribution in [0.4, 0.5) is 5.69 Å². The molecular weight excluding hydrogens is 462 g/mol. The van der Waals surface area contributed by atoms with Crippen LogP contribution in [0.25, 0.3) is 5.57 Å². The van der Waals surface area contributed by atoms with Gasteiger partial charge in [0.15, 0.2) is 23.0 Å². The molecular formula is C32H33NO4. The molecule has 3 heterocycles. The van der Waals surface area contributed by atoms with Gasteiger partial charge in [-0.2, -0.15) is 0 Å². The molecule has 0 spiro atoms. The molecule has 0 N–H and O–H groups in total. The average Bonchev–Trinajstić information content (AvgIpc) is 3.59. The Morgan fingerprint density at radius 1 is 0.703 bits per heavy atom. The molecule has 1 aliphatic carbocycles. The van der Waals surface area contributed by atoms with E-state index in [1.54, 1.807) is 0 Å². The minimum absolute atomic E-state index is 0.0884. The van der Waals surface area contributed by atoms with Crippen molar-refractivity contribution in [3.63, 3.8) is 0 Å². The zero-order valence-electron chi connectivity index (χ0n) is 22.3. The molecule has 0 aromatic heterocycles. The Balaban J connectivity index is 1.17. The Morgan fingerprint density at radius 2 is 1.27 bits per heavy atom. The van der Waals surface area contributed by atoms with E-state index in [1.807, 2.05) is 0 Å². The molecule has 0 saturated heterocycles. The van der Waals surface area contributed by atoms with Crippen LogP contribution in [0.3, 0.4) is 0 Å². The number of hydrogen-bond donors (Lipinski definition) is 0. The monoisotopic (exact) mass is 495 g/mol. The van der Waals surface area contributed by atoms with Crippen molar-refractivity contribution in [1.82, 2.24) is 0 Å². The summed E-state index contributed by atoms with van der Waals surface area (Å²) in [7, 11) is 2.11. The lowest BCUT2D eigenvalue weighted by Gasteiger charge is -2.23. The number of ether oxygens (including phenoxy) is 4. The number of anilines is 1. The summed E-state index contributed by atoms with van der Waals surface area (Å²) in [6.45, 7) is 11.8.